The van der Waals surface area contributed by atoms with Crippen molar-refractivity contribution in [2.75, 3.05) is 13.6 Å². The van der Waals surface area contributed by atoms with Gasteiger partial charge in [0.1, 0.15) is 0 Å². The lowest BCUT2D eigenvalue weighted by Gasteiger charge is -2.17. The standard InChI is InChI=1S/C10H13BrINOS/c1-7(11)3-4-13(2)10(14)8-5-9(12)15-6-8/h5-7H,3-4H2,1-2H3. The highest BCUT2D eigenvalue weighted by molar-refractivity contribution is 14.1. The van der Waals surface area contributed by atoms with E-state index in [4.69, 9.17) is 0 Å². The molecule has 0 aliphatic rings. The number of thiophene rings is 1. The first-order valence-corrected chi connectivity index (χ1v) is 7.51. The Morgan fingerprint density at radius 3 is 2.87 bits per heavy atom. The second-order valence-corrected chi connectivity index (χ2v) is 7.80. The minimum atomic E-state index is 0.113. The molecule has 5 heteroatoms. The quantitative estimate of drug-likeness (QED) is 0.557. The molecule has 1 heterocycles. The Balaban J connectivity index is 2.53. The molecule has 0 aromatic carbocycles. The molecular formula is C10H13BrINOS. The number of carbonyl (C=O) groups is 1. The SMILES string of the molecule is CC(Br)CCN(C)C(=O)c1csc(I)c1. The fraction of sp³-hybridized carbons (Fsp3) is 0.500. The number of hydrogen-bond acceptors (Lipinski definition) is 2. The van der Waals surface area contributed by atoms with Crippen molar-refractivity contribution in [1.29, 1.82) is 0 Å². The van der Waals surface area contributed by atoms with Crippen LogP contribution in [0.1, 0.15) is 23.7 Å². The Morgan fingerprint density at radius 1 is 1.73 bits per heavy atom. The van der Waals surface area contributed by atoms with Crippen molar-refractivity contribution in [3.8, 4) is 0 Å². The number of halogens is 2. The molecular weight excluding hydrogens is 389 g/mol. The van der Waals surface area contributed by atoms with Gasteiger partial charge in [-0.1, -0.05) is 22.9 Å². The van der Waals surface area contributed by atoms with Crippen molar-refractivity contribution in [2.24, 2.45) is 0 Å². The number of amides is 1. The van der Waals surface area contributed by atoms with E-state index in [2.05, 4.69) is 45.4 Å². The van der Waals surface area contributed by atoms with Gasteiger partial charge in [-0.05, 0) is 35.1 Å². The number of alkyl halides is 1. The van der Waals surface area contributed by atoms with E-state index in [0.29, 0.717) is 4.83 Å². The van der Waals surface area contributed by atoms with E-state index in [-0.39, 0.29) is 5.91 Å². The smallest absolute Gasteiger partial charge is 0.254 e. The predicted molar refractivity (Wildman–Crippen MR) is 77.0 cm³/mol. The van der Waals surface area contributed by atoms with Crippen LogP contribution in [0.15, 0.2) is 11.4 Å². The van der Waals surface area contributed by atoms with Gasteiger partial charge in [-0.3, -0.25) is 4.79 Å². The molecule has 1 amide bonds. The minimum absolute atomic E-state index is 0.113. The van der Waals surface area contributed by atoms with Crippen molar-refractivity contribution in [3.63, 3.8) is 0 Å². The van der Waals surface area contributed by atoms with Gasteiger partial charge in [0.25, 0.3) is 5.91 Å². The summed E-state index contributed by atoms with van der Waals surface area (Å²) in [6, 6.07) is 1.93. The summed E-state index contributed by atoms with van der Waals surface area (Å²) in [5.41, 5.74) is 0.800. The Labute approximate surface area is 116 Å². The molecule has 0 saturated heterocycles. The normalized spacial score (nSPS) is 12.5. The van der Waals surface area contributed by atoms with E-state index in [1.165, 1.54) is 0 Å². The Bertz CT molecular complexity index is 340. The topological polar surface area (TPSA) is 20.3 Å². The van der Waals surface area contributed by atoms with E-state index in [9.17, 15) is 4.79 Å². The minimum Gasteiger partial charge on any atom is -0.342 e. The van der Waals surface area contributed by atoms with Crippen molar-refractivity contribution >= 4 is 55.8 Å². The lowest BCUT2D eigenvalue weighted by molar-refractivity contribution is 0.0794. The first-order valence-electron chi connectivity index (χ1n) is 4.64. The van der Waals surface area contributed by atoms with E-state index in [1.54, 1.807) is 16.2 Å². The van der Waals surface area contributed by atoms with E-state index >= 15 is 0 Å². The van der Waals surface area contributed by atoms with Crippen LogP contribution >= 0.6 is 49.9 Å². The molecule has 0 radical (unpaired) electrons. The second-order valence-electron chi connectivity index (χ2n) is 3.44. The average Bonchev–Trinajstić information content (AvgIpc) is 2.60. The third-order valence-electron chi connectivity index (χ3n) is 2.02. The zero-order valence-electron chi connectivity index (χ0n) is 8.67. The summed E-state index contributed by atoms with van der Waals surface area (Å²) in [5.74, 6) is 0.113. The molecule has 0 saturated carbocycles. The summed E-state index contributed by atoms with van der Waals surface area (Å²) >= 11 is 7.31. The molecule has 2 nitrogen and oxygen atoms in total. The third-order valence-corrected chi connectivity index (χ3v) is 4.27. The van der Waals surface area contributed by atoms with Gasteiger partial charge in [-0.2, -0.15) is 0 Å². The molecule has 0 spiro atoms. The van der Waals surface area contributed by atoms with Crippen LogP contribution in [0, 0.1) is 2.88 Å². The van der Waals surface area contributed by atoms with E-state index < -0.39 is 0 Å². The van der Waals surface area contributed by atoms with Gasteiger partial charge < -0.3 is 4.90 Å². The first kappa shape index (κ1) is 13.4. The van der Waals surface area contributed by atoms with Crippen molar-refractivity contribution in [1.82, 2.24) is 4.90 Å². The van der Waals surface area contributed by atoms with Crippen LogP contribution in [-0.4, -0.2) is 29.2 Å². The van der Waals surface area contributed by atoms with Crippen molar-refractivity contribution < 1.29 is 4.79 Å². The molecule has 1 atom stereocenters. The first-order chi connectivity index (χ1) is 7.00. The van der Waals surface area contributed by atoms with Crippen LogP contribution < -0.4 is 0 Å². The monoisotopic (exact) mass is 401 g/mol. The number of carbonyl (C=O) groups excluding carboxylic acids is 1. The molecule has 1 unspecified atom stereocenters. The van der Waals surface area contributed by atoms with E-state index in [1.807, 2.05) is 18.5 Å². The van der Waals surface area contributed by atoms with Gasteiger partial charge >= 0.3 is 0 Å². The lowest BCUT2D eigenvalue weighted by atomic mass is 10.2. The number of hydrogen-bond donors (Lipinski definition) is 0. The van der Waals surface area contributed by atoms with Crippen LogP contribution in [-0.2, 0) is 0 Å². The summed E-state index contributed by atoms with van der Waals surface area (Å²) in [4.78, 5) is 14.1. The van der Waals surface area contributed by atoms with Gasteiger partial charge in [0.05, 0.1) is 8.45 Å². The summed E-state index contributed by atoms with van der Waals surface area (Å²) in [6.07, 6.45) is 0.976. The fourth-order valence-corrected chi connectivity index (χ4v) is 2.64. The molecule has 0 fully saturated rings. The maximum atomic E-state index is 11.9. The van der Waals surface area contributed by atoms with Crippen LogP contribution in [0.4, 0.5) is 0 Å². The average molecular weight is 402 g/mol. The van der Waals surface area contributed by atoms with Gasteiger partial charge in [-0.25, -0.2) is 0 Å². The molecule has 1 rings (SSSR count). The molecule has 0 aliphatic heterocycles. The Kier molecular flexibility index (Phi) is 5.56. The molecule has 15 heavy (non-hydrogen) atoms. The maximum absolute atomic E-state index is 11.9. The highest BCUT2D eigenvalue weighted by Gasteiger charge is 2.13. The fourth-order valence-electron chi connectivity index (χ4n) is 1.12. The largest absolute Gasteiger partial charge is 0.342 e. The highest BCUT2D eigenvalue weighted by Crippen LogP contribution is 2.18. The van der Waals surface area contributed by atoms with Crippen LogP contribution in [0.5, 0.6) is 0 Å². The van der Waals surface area contributed by atoms with Crippen molar-refractivity contribution in [3.05, 3.63) is 19.9 Å². The second kappa shape index (κ2) is 6.20. The zero-order chi connectivity index (χ0) is 11.4. The summed E-state index contributed by atoms with van der Waals surface area (Å²) < 4.78 is 1.15. The highest BCUT2D eigenvalue weighted by atomic mass is 127. The molecule has 0 bridgehead atoms. The van der Waals surface area contributed by atoms with Crippen LogP contribution in [0.25, 0.3) is 0 Å². The summed E-state index contributed by atoms with van der Waals surface area (Å²) in [5, 5.41) is 1.91. The Morgan fingerprint density at radius 2 is 2.40 bits per heavy atom. The van der Waals surface area contributed by atoms with Crippen LogP contribution in [0.3, 0.4) is 0 Å². The molecule has 1 aromatic rings. The third kappa shape index (κ3) is 4.40. The van der Waals surface area contributed by atoms with Gasteiger partial charge in [-0.15, -0.1) is 11.3 Å². The lowest BCUT2D eigenvalue weighted by Crippen LogP contribution is -2.28. The maximum Gasteiger partial charge on any atom is 0.254 e. The molecule has 0 N–H and O–H groups in total. The predicted octanol–water partition coefficient (Wildman–Crippen LogP) is 3.60. The van der Waals surface area contributed by atoms with Crippen LogP contribution in [0.2, 0.25) is 0 Å². The van der Waals surface area contributed by atoms with Gasteiger partial charge in [0.2, 0.25) is 0 Å². The van der Waals surface area contributed by atoms with Gasteiger partial charge in [0.15, 0.2) is 0 Å². The molecule has 0 aliphatic carbocycles. The molecule has 1 aromatic heterocycles. The molecule has 84 valence electrons. The number of nitrogens with zero attached hydrogens (tertiary/aromatic N) is 1. The summed E-state index contributed by atoms with van der Waals surface area (Å²) in [6.45, 7) is 2.88. The summed E-state index contributed by atoms with van der Waals surface area (Å²) in [7, 11) is 1.85. The zero-order valence-corrected chi connectivity index (χ0v) is 13.2. The van der Waals surface area contributed by atoms with E-state index in [0.717, 1.165) is 21.4 Å². The Hall–Kier alpha value is 0.380. The van der Waals surface area contributed by atoms with Gasteiger partial charge in [0, 0.05) is 23.8 Å². The van der Waals surface area contributed by atoms with Crippen molar-refractivity contribution in [2.45, 2.75) is 18.2 Å². The number of rotatable bonds is 4.